The second kappa shape index (κ2) is 9.37. The van der Waals surface area contributed by atoms with Gasteiger partial charge in [0.1, 0.15) is 0 Å². The fraction of sp³-hybridized carbons (Fsp3) is 0.200. The highest BCUT2D eigenvalue weighted by Gasteiger charge is 2.29. The van der Waals surface area contributed by atoms with Crippen molar-refractivity contribution in [2.24, 2.45) is 0 Å². The molecule has 0 aliphatic heterocycles. The summed E-state index contributed by atoms with van der Waals surface area (Å²) < 4.78 is 1.29. The molecule has 2 aliphatic rings. The van der Waals surface area contributed by atoms with Gasteiger partial charge in [-0.05, 0) is 115 Å². The van der Waals surface area contributed by atoms with Crippen LogP contribution in [-0.4, -0.2) is 0 Å². The Morgan fingerprint density at radius 2 is 1.47 bits per heavy atom. The highest BCUT2D eigenvalue weighted by molar-refractivity contribution is 9.11. The highest BCUT2D eigenvalue weighted by Crippen LogP contribution is 2.52. The van der Waals surface area contributed by atoms with Gasteiger partial charge in [0, 0.05) is 0 Å². The summed E-state index contributed by atoms with van der Waals surface area (Å²) in [6, 6.07) is 29.4. The molecule has 4 aromatic rings. The maximum Gasteiger partial charge on any atom is -0.00170 e. The van der Waals surface area contributed by atoms with E-state index in [1.807, 2.05) is 0 Å². The zero-order chi connectivity index (χ0) is 24.8. The molecule has 6 rings (SSSR count). The largest absolute Gasteiger partial charge is 0.0769 e. The van der Waals surface area contributed by atoms with E-state index in [0.29, 0.717) is 0 Å². The molecule has 178 valence electrons. The Bertz CT molecular complexity index is 1600. The molecule has 0 spiro atoms. The van der Waals surface area contributed by atoms with Gasteiger partial charge < -0.3 is 0 Å². The van der Waals surface area contributed by atoms with Gasteiger partial charge in [0.05, 0.1) is 0 Å². The Morgan fingerprint density at radius 3 is 2.19 bits per heavy atom. The molecule has 0 fully saturated rings. The van der Waals surface area contributed by atoms with Crippen molar-refractivity contribution in [2.45, 2.75) is 46.5 Å². The van der Waals surface area contributed by atoms with Crippen molar-refractivity contribution in [1.82, 2.24) is 0 Å². The smallest absolute Gasteiger partial charge is 0.00170 e. The van der Waals surface area contributed by atoms with Crippen LogP contribution in [0.5, 0.6) is 0 Å². The molecule has 1 heteroatoms. The van der Waals surface area contributed by atoms with E-state index >= 15 is 0 Å². The summed E-state index contributed by atoms with van der Waals surface area (Å²) in [5.41, 5.74) is 15.4. The molecule has 0 saturated carbocycles. The first kappa shape index (κ1) is 23.3. The Morgan fingerprint density at radius 1 is 0.778 bits per heavy atom. The van der Waals surface area contributed by atoms with Crippen molar-refractivity contribution in [3.8, 4) is 22.3 Å². The number of hydrogen-bond acceptors (Lipinski definition) is 0. The quantitative estimate of drug-likeness (QED) is 0.198. The molecule has 36 heavy (non-hydrogen) atoms. The molecule has 0 atom stereocenters. The van der Waals surface area contributed by atoms with Crippen LogP contribution in [0.1, 0.15) is 56.7 Å². The number of allylic oxidation sites excluding steroid dienone is 5. The number of fused-ring (bicyclic) bond motifs is 5. The van der Waals surface area contributed by atoms with Gasteiger partial charge in [0.2, 0.25) is 0 Å². The van der Waals surface area contributed by atoms with Crippen molar-refractivity contribution in [1.29, 1.82) is 0 Å². The zero-order valence-corrected chi connectivity index (χ0v) is 22.9. The van der Waals surface area contributed by atoms with Gasteiger partial charge >= 0.3 is 0 Å². The number of rotatable bonds is 5. The number of halogens is 1. The van der Waals surface area contributed by atoms with Crippen molar-refractivity contribution in [3.05, 3.63) is 123 Å². The molecule has 0 nitrogen and oxygen atoms in total. The molecular weight excluding hydrogens is 500 g/mol. The number of aryl methyl sites for hydroxylation is 1. The monoisotopic (exact) mass is 530 g/mol. The maximum absolute atomic E-state index is 3.88. The average molecular weight is 532 g/mol. The van der Waals surface area contributed by atoms with E-state index in [0.717, 1.165) is 25.7 Å². The first-order valence-electron chi connectivity index (χ1n) is 13.2. The molecule has 0 radical (unpaired) electrons. The molecule has 0 saturated heterocycles. The molecule has 4 aromatic carbocycles. The molecule has 0 heterocycles. The summed E-state index contributed by atoms with van der Waals surface area (Å²) in [7, 11) is 0. The van der Waals surface area contributed by atoms with E-state index < -0.39 is 0 Å². The van der Waals surface area contributed by atoms with E-state index in [1.54, 1.807) is 0 Å². The van der Waals surface area contributed by atoms with Crippen LogP contribution in [0.4, 0.5) is 0 Å². The van der Waals surface area contributed by atoms with Crippen LogP contribution in [0, 0.1) is 0 Å². The van der Waals surface area contributed by atoms with Gasteiger partial charge in [0.15, 0.2) is 0 Å². The Labute approximate surface area is 223 Å². The predicted molar refractivity (Wildman–Crippen MR) is 159 cm³/mol. The fourth-order valence-electron chi connectivity index (χ4n) is 6.28. The Balaban J connectivity index is 1.71. The topological polar surface area (TPSA) is 0 Å². The third kappa shape index (κ3) is 3.56. The summed E-state index contributed by atoms with van der Waals surface area (Å²) in [4.78, 5) is 0. The second-order valence-corrected chi connectivity index (χ2v) is 10.8. The van der Waals surface area contributed by atoms with Crippen LogP contribution in [0.3, 0.4) is 0 Å². The second-order valence-electron chi connectivity index (χ2n) is 9.85. The predicted octanol–water partition coefficient (Wildman–Crippen LogP) is 10.7. The fourth-order valence-corrected chi connectivity index (χ4v) is 6.50. The van der Waals surface area contributed by atoms with Gasteiger partial charge in [-0.15, -0.1) is 0 Å². The lowest BCUT2D eigenvalue weighted by Gasteiger charge is -2.28. The highest BCUT2D eigenvalue weighted by atomic mass is 79.9. The van der Waals surface area contributed by atoms with Crippen LogP contribution in [-0.2, 0) is 6.42 Å². The molecule has 0 unspecified atom stereocenters. The lowest BCUT2D eigenvalue weighted by atomic mass is 9.75. The van der Waals surface area contributed by atoms with Crippen LogP contribution in [0.2, 0.25) is 0 Å². The van der Waals surface area contributed by atoms with Crippen LogP contribution >= 0.6 is 15.9 Å². The zero-order valence-electron chi connectivity index (χ0n) is 21.3. The van der Waals surface area contributed by atoms with E-state index in [1.165, 1.54) is 76.5 Å². The lowest BCUT2D eigenvalue weighted by Crippen LogP contribution is -2.10. The Kier molecular flexibility index (Phi) is 6.05. The van der Waals surface area contributed by atoms with Gasteiger partial charge in [-0.3, -0.25) is 0 Å². The summed E-state index contributed by atoms with van der Waals surface area (Å²) in [5, 5.41) is 2.86. The van der Waals surface area contributed by atoms with Gasteiger partial charge in [0.25, 0.3) is 0 Å². The lowest BCUT2D eigenvalue weighted by molar-refractivity contribution is 0.930. The number of benzene rings is 4. The van der Waals surface area contributed by atoms with Crippen LogP contribution < -0.4 is 0 Å². The van der Waals surface area contributed by atoms with Crippen molar-refractivity contribution in [3.63, 3.8) is 0 Å². The van der Waals surface area contributed by atoms with Gasteiger partial charge in [-0.2, -0.15) is 0 Å². The molecular formula is C35H31Br. The summed E-state index contributed by atoms with van der Waals surface area (Å²) in [6.45, 7) is 6.75. The first-order valence-corrected chi connectivity index (χ1v) is 14.0. The summed E-state index contributed by atoms with van der Waals surface area (Å²) in [6.07, 6.45) is 6.58. The summed E-state index contributed by atoms with van der Waals surface area (Å²) in [5.74, 6) is 0. The van der Waals surface area contributed by atoms with Gasteiger partial charge in [-0.1, -0.05) is 109 Å². The van der Waals surface area contributed by atoms with Crippen LogP contribution in [0.15, 0.2) is 106 Å². The van der Waals surface area contributed by atoms with E-state index in [2.05, 4.69) is 122 Å². The molecule has 0 aromatic heterocycles. The minimum Gasteiger partial charge on any atom is -0.0769 e. The Hall–Kier alpha value is -3.16. The molecule has 2 aliphatic carbocycles. The number of hydrogen-bond donors (Lipinski definition) is 0. The van der Waals surface area contributed by atoms with E-state index in [4.69, 9.17) is 0 Å². The minimum atomic E-state index is 1.01. The third-order valence-electron chi connectivity index (χ3n) is 7.89. The van der Waals surface area contributed by atoms with Crippen molar-refractivity contribution >= 4 is 32.3 Å². The maximum atomic E-state index is 3.88. The van der Waals surface area contributed by atoms with Crippen molar-refractivity contribution in [2.75, 3.05) is 0 Å². The van der Waals surface area contributed by atoms with E-state index in [-0.39, 0.29) is 0 Å². The minimum absolute atomic E-state index is 1.01. The average Bonchev–Trinajstić information content (AvgIpc) is 3.25. The molecule has 0 amide bonds. The molecule has 0 N–H and O–H groups in total. The standard InChI is InChI=1S/C35H31Br/c1-4-12-24(22(3)33(36)5-2)30-20-19-27-29-18-11-17-28-25-15-9-10-16-26(25)32(35(28)29)21-31(27)34(30)23-13-7-6-8-14-23/h6-18,21H,4-5,19-20H2,1-3H3/b24-12+,33-22-. The van der Waals surface area contributed by atoms with Crippen molar-refractivity contribution < 1.29 is 0 Å². The SMILES string of the molecule is CC/C=C(C1=C(c2ccccc2)c2cc3c4c(cccc4c2CC1)-c1ccccc1-3)\C(C)=C(/Br)CC. The first-order chi connectivity index (χ1) is 17.6. The summed E-state index contributed by atoms with van der Waals surface area (Å²) >= 11 is 3.88. The third-order valence-corrected chi connectivity index (χ3v) is 9.05. The van der Waals surface area contributed by atoms with Gasteiger partial charge in [-0.25, -0.2) is 0 Å². The normalized spacial score (nSPS) is 15.2. The van der Waals surface area contributed by atoms with Crippen LogP contribution in [0.25, 0.3) is 38.6 Å². The molecule has 0 bridgehead atoms. The van der Waals surface area contributed by atoms with E-state index in [9.17, 15) is 0 Å².